The minimum atomic E-state index is -3.87. The molecule has 0 aliphatic carbocycles. The normalized spacial score (nSPS) is 11.3. The van der Waals surface area contributed by atoms with E-state index in [-0.39, 0.29) is 42.9 Å². The summed E-state index contributed by atoms with van der Waals surface area (Å²) in [5, 5.41) is 9.03. The van der Waals surface area contributed by atoms with Gasteiger partial charge in [-0.05, 0) is 24.3 Å². The number of pyridine rings is 1. The maximum absolute atomic E-state index is 13.1. The van der Waals surface area contributed by atoms with Gasteiger partial charge in [-0.15, -0.1) is 0 Å². The van der Waals surface area contributed by atoms with Gasteiger partial charge in [-0.1, -0.05) is 34.8 Å². The maximum Gasteiger partial charge on any atom is 0.274 e. The molecule has 0 bridgehead atoms. The minimum absolute atomic E-state index is 0.00498. The van der Waals surface area contributed by atoms with Gasteiger partial charge in [0.05, 0.1) is 21.2 Å². The maximum atomic E-state index is 13.1. The van der Waals surface area contributed by atoms with Crippen molar-refractivity contribution in [1.29, 1.82) is 0 Å². The van der Waals surface area contributed by atoms with Crippen LogP contribution in [0.4, 0.5) is 5.69 Å². The van der Waals surface area contributed by atoms with E-state index in [1.54, 1.807) is 12.1 Å². The van der Waals surface area contributed by atoms with E-state index in [0.717, 1.165) is 17.0 Å². The van der Waals surface area contributed by atoms with Crippen LogP contribution < -0.4 is 10.6 Å². The third-order valence-corrected chi connectivity index (χ3v) is 5.85. The zero-order valence-corrected chi connectivity index (χ0v) is 19.1. The van der Waals surface area contributed by atoms with E-state index in [1.807, 2.05) is 0 Å². The molecule has 2 N–H and O–H groups in total. The summed E-state index contributed by atoms with van der Waals surface area (Å²) in [4.78, 5) is 29.2. The minimum Gasteiger partial charge on any atom is -0.355 e. The third-order valence-electron chi connectivity index (χ3n) is 4.03. The van der Waals surface area contributed by atoms with Gasteiger partial charge < -0.3 is 10.6 Å². The van der Waals surface area contributed by atoms with Crippen LogP contribution in [0.25, 0.3) is 5.82 Å². The molecule has 0 saturated carbocycles. The number of hydrogen-bond acceptors (Lipinski definition) is 6. The average Bonchev–Trinajstić information content (AvgIpc) is 3.09. The van der Waals surface area contributed by atoms with E-state index < -0.39 is 21.7 Å². The van der Waals surface area contributed by atoms with Crippen molar-refractivity contribution in [3.05, 3.63) is 63.0 Å². The Labute approximate surface area is 192 Å². The number of aromatic nitrogens is 3. The lowest BCUT2D eigenvalue weighted by atomic mass is 10.1. The highest BCUT2D eigenvalue weighted by molar-refractivity contribution is 7.90. The predicted molar refractivity (Wildman–Crippen MR) is 117 cm³/mol. The number of carbonyl (C=O) groups is 2. The highest BCUT2D eigenvalue weighted by Crippen LogP contribution is 2.31. The molecule has 0 aliphatic heterocycles. The van der Waals surface area contributed by atoms with E-state index >= 15 is 0 Å². The zero-order valence-electron chi connectivity index (χ0n) is 16.0. The molecular formula is C18H14Cl3N5O4S. The van der Waals surface area contributed by atoms with E-state index in [1.165, 1.54) is 25.4 Å². The Morgan fingerprint density at radius 2 is 1.81 bits per heavy atom. The molecule has 3 aromatic rings. The van der Waals surface area contributed by atoms with E-state index in [4.69, 9.17) is 34.8 Å². The van der Waals surface area contributed by atoms with E-state index in [0.29, 0.717) is 0 Å². The van der Waals surface area contributed by atoms with Gasteiger partial charge in [-0.2, -0.15) is 5.10 Å². The van der Waals surface area contributed by atoms with E-state index in [9.17, 15) is 18.0 Å². The van der Waals surface area contributed by atoms with Crippen molar-refractivity contribution in [3.63, 3.8) is 0 Å². The molecule has 0 radical (unpaired) electrons. The molecule has 2 amide bonds. The van der Waals surface area contributed by atoms with Crippen molar-refractivity contribution in [2.45, 2.75) is 4.90 Å². The van der Waals surface area contributed by atoms with Crippen LogP contribution in [0.3, 0.4) is 0 Å². The Morgan fingerprint density at radius 3 is 2.42 bits per heavy atom. The highest BCUT2D eigenvalue weighted by Gasteiger charge is 2.26. The lowest BCUT2D eigenvalue weighted by molar-refractivity contribution is 0.0964. The molecule has 2 aromatic heterocycles. The van der Waals surface area contributed by atoms with Crippen LogP contribution in [0.15, 0.2) is 41.4 Å². The first-order chi connectivity index (χ1) is 14.5. The molecule has 0 saturated heterocycles. The topological polar surface area (TPSA) is 123 Å². The quantitative estimate of drug-likeness (QED) is 0.552. The Kier molecular flexibility index (Phi) is 6.56. The number of hydrogen-bond donors (Lipinski definition) is 2. The molecule has 13 heteroatoms. The second-order valence-electron chi connectivity index (χ2n) is 6.20. The number of halogens is 3. The van der Waals surface area contributed by atoms with Crippen LogP contribution in [0.1, 0.15) is 20.8 Å². The van der Waals surface area contributed by atoms with Crippen LogP contribution in [0, 0.1) is 0 Å². The smallest absolute Gasteiger partial charge is 0.274 e. The Bertz CT molecular complexity index is 1310. The molecule has 9 nitrogen and oxygen atoms in total. The number of nitrogens with zero attached hydrogens (tertiary/aromatic N) is 3. The number of rotatable bonds is 5. The van der Waals surface area contributed by atoms with Crippen LogP contribution >= 0.6 is 34.8 Å². The summed E-state index contributed by atoms with van der Waals surface area (Å²) in [5.41, 5.74) is -0.480. The van der Waals surface area contributed by atoms with Crippen LogP contribution in [0.5, 0.6) is 0 Å². The molecule has 0 spiro atoms. The SMILES string of the molecule is CNC(=O)c1cc(Cl)cc(S(C)(=O)=O)c1NC(=O)c1cc(Cl)nn1-c1ncccc1Cl. The lowest BCUT2D eigenvalue weighted by Crippen LogP contribution is -2.24. The van der Waals surface area contributed by atoms with Gasteiger partial charge in [0.25, 0.3) is 11.8 Å². The molecule has 0 aliphatic rings. The molecule has 0 unspecified atom stereocenters. The summed E-state index contributed by atoms with van der Waals surface area (Å²) in [7, 11) is -2.52. The highest BCUT2D eigenvalue weighted by atomic mass is 35.5. The van der Waals surface area contributed by atoms with Gasteiger partial charge in [-0.3, -0.25) is 9.59 Å². The molecule has 3 rings (SSSR count). The largest absolute Gasteiger partial charge is 0.355 e. The summed E-state index contributed by atoms with van der Waals surface area (Å²) in [6.45, 7) is 0. The fourth-order valence-corrected chi connectivity index (χ4v) is 4.24. The van der Waals surface area contributed by atoms with Crippen molar-refractivity contribution in [3.8, 4) is 5.82 Å². The van der Waals surface area contributed by atoms with Gasteiger partial charge in [0, 0.05) is 30.6 Å². The number of nitrogens with one attached hydrogen (secondary N) is 2. The third kappa shape index (κ3) is 4.82. The second kappa shape index (κ2) is 8.83. The fraction of sp³-hybridized carbons (Fsp3) is 0.111. The van der Waals surface area contributed by atoms with Gasteiger partial charge in [0.15, 0.2) is 20.8 Å². The van der Waals surface area contributed by atoms with Crippen molar-refractivity contribution in [2.75, 3.05) is 18.6 Å². The number of anilines is 1. The lowest BCUT2D eigenvalue weighted by Gasteiger charge is -2.15. The van der Waals surface area contributed by atoms with Crippen LogP contribution in [0.2, 0.25) is 15.2 Å². The monoisotopic (exact) mass is 501 g/mol. The number of carbonyl (C=O) groups excluding carboxylic acids is 2. The van der Waals surface area contributed by atoms with Gasteiger partial charge in [0.2, 0.25) is 0 Å². The standard InChI is InChI=1S/C18H14Cl3N5O4S/c1-22-17(27)10-6-9(19)7-13(31(2,29)30)15(10)24-18(28)12-8-14(21)25-26(12)16-11(20)4-3-5-23-16/h3-8H,1-2H3,(H,22,27)(H,24,28). The first-order valence-electron chi connectivity index (χ1n) is 8.46. The Morgan fingerprint density at radius 1 is 1.10 bits per heavy atom. The van der Waals surface area contributed by atoms with Crippen LogP contribution in [-0.4, -0.2) is 48.3 Å². The van der Waals surface area contributed by atoms with Crippen molar-refractivity contribution in [2.24, 2.45) is 0 Å². The number of benzene rings is 1. The summed E-state index contributed by atoms with van der Waals surface area (Å²) in [6.07, 6.45) is 2.37. The number of amides is 2. The molecule has 162 valence electrons. The van der Waals surface area contributed by atoms with Crippen LogP contribution in [-0.2, 0) is 9.84 Å². The van der Waals surface area contributed by atoms with Crippen molar-refractivity contribution >= 4 is 62.1 Å². The first kappa shape index (κ1) is 23.0. The summed E-state index contributed by atoms with van der Waals surface area (Å²) >= 11 is 18.1. The number of sulfone groups is 1. The molecular weight excluding hydrogens is 489 g/mol. The van der Waals surface area contributed by atoms with Crippen molar-refractivity contribution < 1.29 is 18.0 Å². The fourth-order valence-electron chi connectivity index (χ4n) is 2.70. The summed E-state index contributed by atoms with van der Waals surface area (Å²) in [6, 6.07) is 6.77. The van der Waals surface area contributed by atoms with Crippen molar-refractivity contribution in [1.82, 2.24) is 20.1 Å². The molecule has 31 heavy (non-hydrogen) atoms. The predicted octanol–water partition coefficient (Wildman–Crippen LogP) is 3.24. The summed E-state index contributed by atoms with van der Waals surface area (Å²) in [5.74, 6) is -1.33. The molecule has 1 aromatic carbocycles. The Balaban J connectivity index is 2.16. The van der Waals surface area contributed by atoms with Gasteiger partial charge in [0.1, 0.15) is 5.69 Å². The Hall–Kier alpha value is -2.66. The van der Waals surface area contributed by atoms with Gasteiger partial charge in [-0.25, -0.2) is 18.1 Å². The molecule has 2 heterocycles. The summed E-state index contributed by atoms with van der Waals surface area (Å²) < 4.78 is 25.7. The van der Waals surface area contributed by atoms with Gasteiger partial charge >= 0.3 is 0 Å². The molecule has 0 atom stereocenters. The first-order valence-corrected chi connectivity index (χ1v) is 11.5. The average molecular weight is 503 g/mol. The van der Waals surface area contributed by atoms with E-state index in [2.05, 4.69) is 20.7 Å². The molecule has 0 fully saturated rings. The second-order valence-corrected chi connectivity index (χ2v) is 9.42. The zero-order chi connectivity index (χ0) is 22.9.